The van der Waals surface area contributed by atoms with Crippen LogP contribution in [0.5, 0.6) is 0 Å². The minimum atomic E-state index is -0.191. The van der Waals surface area contributed by atoms with Crippen LogP contribution in [-0.2, 0) is 7.05 Å². The Morgan fingerprint density at radius 1 is 1.40 bits per heavy atom. The summed E-state index contributed by atoms with van der Waals surface area (Å²) in [4.78, 5) is 6.11. The normalized spacial score (nSPS) is 10.2. The van der Waals surface area contributed by atoms with Crippen molar-refractivity contribution in [3.8, 4) is 39.6 Å². The van der Waals surface area contributed by atoms with Gasteiger partial charge >= 0.3 is 0 Å². The van der Waals surface area contributed by atoms with Crippen molar-refractivity contribution in [3.63, 3.8) is 0 Å². The maximum absolute atomic E-state index is 9.56. The van der Waals surface area contributed by atoms with E-state index in [1.54, 1.807) is 10.9 Å². The number of hydrogen-bond acceptors (Lipinski definition) is 6. The number of nitrogens with zero attached hydrogens (tertiary/aromatic N) is 4. The van der Waals surface area contributed by atoms with E-state index in [0.717, 1.165) is 26.4 Å². The number of hydrogen-bond donors (Lipinski definition) is 2. The molecule has 3 aromatic heterocycles. The van der Waals surface area contributed by atoms with Crippen LogP contribution >= 0.6 is 11.3 Å². The third kappa shape index (κ3) is 3.11. The highest BCUT2D eigenvalue weighted by atomic mass is 32.1. The molecule has 0 aliphatic rings. The van der Waals surface area contributed by atoms with Gasteiger partial charge in [0.1, 0.15) is 24.1 Å². The van der Waals surface area contributed by atoms with Gasteiger partial charge in [-0.05, 0) is 24.6 Å². The quantitative estimate of drug-likeness (QED) is 0.692. The molecule has 0 unspecified atom stereocenters. The number of nitriles is 1. The first kappa shape index (κ1) is 16.7. The van der Waals surface area contributed by atoms with E-state index in [1.807, 2.05) is 32.3 Å². The van der Waals surface area contributed by atoms with Gasteiger partial charge in [-0.2, -0.15) is 10.4 Å². The molecule has 25 heavy (non-hydrogen) atoms. The number of aryl methyl sites for hydroxylation is 1. The number of anilines is 1. The van der Waals surface area contributed by atoms with Gasteiger partial charge in [0.05, 0.1) is 16.8 Å². The average molecular weight is 349 g/mol. The Morgan fingerprint density at radius 2 is 2.20 bits per heavy atom. The molecule has 3 heterocycles. The molecule has 0 bridgehead atoms. The Kier molecular flexibility index (Phi) is 4.53. The SMILES string of the molecule is Cc1c(-c2cnn(C)c2)nc(N)c(C#N)c1-c1ccc(C#CCO)s1. The van der Waals surface area contributed by atoms with Crippen LogP contribution in [0, 0.1) is 30.1 Å². The molecule has 0 fully saturated rings. The molecule has 0 amide bonds. The second-order valence-electron chi connectivity index (χ2n) is 5.36. The molecule has 0 aliphatic carbocycles. The van der Waals surface area contributed by atoms with E-state index in [-0.39, 0.29) is 12.4 Å². The molecule has 0 aliphatic heterocycles. The molecule has 0 saturated heterocycles. The molecule has 0 spiro atoms. The van der Waals surface area contributed by atoms with Gasteiger partial charge < -0.3 is 10.8 Å². The summed E-state index contributed by atoms with van der Waals surface area (Å²) in [5.74, 6) is 5.70. The molecule has 3 N–H and O–H groups in total. The number of rotatable bonds is 2. The van der Waals surface area contributed by atoms with Crippen molar-refractivity contribution in [2.75, 3.05) is 12.3 Å². The molecular formula is C18H15N5OS. The zero-order chi connectivity index (χ0) is 18.0. The van der Waals surface area contributed by atoms with E-state index < -0.39 is 0 Å². The van der Waals surface area contributed by atoms with Crippen molar-refractivity contribution >= 4 is 17.2 Å². The van der Waals surface area contributed by atoms with Gasteiger partial charge in [0.25, 0.3) is 0 Å². The lowest BCUT2D eigenvalue weighted by Gasteiger charge is -2.12. The van der Waals surface area contributed by atoms with Gasteiger partial charge in [-0.1, -0.05) is 11.8 Å². The van der Waals surface area contributed by atoms with Crippen molar-refractivity contribution in [2.24, 2.45) is 7.05 Å². The molecule has 3 aromatic rings. The van der Waals surface area contributed by atoms with Crippen LogP contribution in [0.3, 0.4) is 0 Å². The molecular weight excluding hydrogens is 334 g/mol. The minimum Gasteiger partial charge on any atom is -0.384 e. The molecule has 0 atom stereocenters. The fraction of sp³-hybridized carbons (Fsp3) is 0.167. The smallest absolute Gasteiger partial charge is 0.142 e. The van der Waals surface area contributed by atoms with Gasteiger partial charge in [0.2, 0.25) is 0 Å². The van der Waals surface area contributed by atoms with Gasteiger partial charge in [-0.15, -0.1) is 11.3 Å². The van der Waals surface area contributed by atoms with Crippen molar-refractivity contribution < 1.29 is 5.11 Å². The number of aliphatic hydroxyl groups is 1. The van der Waals surface area contributed by atoms with Crippen LogP contribution in [0.15, 0.2) is 24.5 Å². The van der Waals surface area contributed by atoms with E-state index in [4.69, 9.17) is 10.8 Å². The topological polar surface area (TPSA) is 101 Å². The van der Waals surface area contributed by atoms with Gasteiger partial charge in [0.15, 0.2) is 0 Å². The number of aromatic nitrogens is 3. The lowest BCUT2D eigenvalue weighted by atomic mass is 9.98. The first-order valence-electron chi connectivity index (χ1n) is 7.44. The molecule has 0 aromatic carbocycles. The highest BCUT2D eigenvalue weighted by Gasteiger charge is 2.20. The van der Waals surface area contributed by atoms with Crippen LogP contribution in [0.4, 0.5) is 5.82 Å². The summed E-state index contributed by atoms with van der Waals surface area (Å²) in [7, 11) is 1.83. The van der Waals surface area contributed by atoms with E-state index >= 15 is 0 Å². The van der Waals surface area contributed by atoms with Crippen LogP contribution < -0.4 is 5.73 Å². The molecule has 7 heteroatoms. The van der Waals surface area contributed by atoms with Crippen LogP contribution in [-0.4, -0.2) is 26.5 Å². The zero-order valence-corrected chi connectivity index (χ0v) is 14.6. The Balaban J connectivity index is 2.23. The Morgan fingerprint density at radius 3 is 2.84 bits per heavy atom. The Hall–Kier alpha value is -3.13. The first-order valence-corrected chi connectivity index (χ1v) is 8.26. The fourth-order valence-corrected chi connectivity index (χ4v) is 3.60. The van der Waals surface area contributed by atoms with Crippen LogP contribution in [0.25, 0.3) is 21.7 Å². The van der Waals surface area contributed by atoms with E-state index in [0.29, 0.717) is 11.3 Å². The predicted molar refractivity (Wildman–Crippen MR) is 97.6 cm³/mol. The van der Waals surface area contributed by atoms with Crippen molar-refractivity contribution in [2.45, 2.75) is 6.92 Å². The summed E-state index contributed by atoms with van der Waals surface area (Å²) in [6, 6.07) is 5.93. The number of nitrogen functional groups attached to an aromatic ring is 1. The van der Waals surface area contributed by atoms with Crippen LogP contribution in [0.2, 0.25) is 0 Å². The van der Waals surface area contributed by atoms with E-state index in [9.17, 15) is 5.26 Å². The summed E-state index contributed by atoms with van der Waals surface area (Å²) in [6.45, 7) is 1.73. The monoisotopic (exact) mass is 349 g/mol. The maximum Gasteiger partial charge on any atom is 0.142 e. The third-order valence-electron chi connectivity index (χ3n) is 3.70. The molecule has 0 radical (unpaired) electrons. The summed E-state index contributed by atoms with van der Waals surface area (Å²) >= 11 is 1.45. The van der Waals surface area contributed by atoms with Gasteiger partial charge in [-0.25, -0.2) is 4.98 Å². The van der Waals surface area contributed by atoms with Crippen molar-refractivity contribution in [1.29, 1.82) is 5.26 Å². The van der Waals surface area contributed by atoms with Crippen molar-refractivity contribution in [3.05, 3.63) is 40.5 Å². The van der Waals surface area contributed by atoms with Gasteiger partial charge in [0, 0.05) is 29.2 Å². The van der Waals surface area contributed by atoms with Crippen molar-refractivity contribution in [1.82, 2.24) is 14.8 Å². The summed E-state index contributed by atoms with van der Waals surface area (Å²) in [6.07, 6.45) is 3.58. The molecule has 6 nitrogen and oxygen atoms in total. The minimum absolute atomic E-state index is 0.191. The second kappa shape index (κ2) is 6.78. The highest BCUT2D eigenvalue weighted by molar-refractivity contribution is 7.16. The number of thiophene rings is 1. The Labute approximate surface area is 149 Å². The number of aliphatic hydroxyl groups excluding tert-OH is 1. The number of nitrogens with two attached hydrogens (primary N) is 1. The highest BCUT2D eigenvalue weighted by Crippen LogP contribution is 2.38. The lowest BCUT2D eigenvalue weighted by molar-refractivity contribution is 0.350. The summed E-state index contributed by atoms with van der Waals surface area (Å²) in [5, 5.41) is 22.6. The average Bonchev–Trinajstić information content (AvgIpc) is 3.23. The molecule has 3 rings (SSSR count). The summed E-state index contributed by atoms with van der Waals surface area (Å²) < 4.78 is 1.69. The first-order chi connectivity index (χ1) is 12.0. The Bertz CT molecular complexity index is 1050. The lowest BCUT2D eigenvalue weighted by Crippen LogP contribution is -2.02. The molecule has 0 saturated carbocycles. The maximum atomic E-state index is 9.56. The van der Waals surface area contributed by atoms with E-state index in [1.165, 1.54) is 11.3 Å². The zero-order valence-electron chi connectivity index (χ0n) is 13.7. The van der Waals surface area contributed by atoms with E-state index in [2.05, 4.69) is 28.0 Å². The largest absolute Gasteiger partial charge is 0.384 e. The standard InChI is InChI=1S/C18H15N5OS/c1-11-16(15-6-5-13(25-15)4-3-7-24)14(8-19)18(20)22-17(11)12-9-21-23(2)10-12/h5-6,9-10,24H,7H2,1-2H3,(H2,20,22). The van der Waals surface area contributed by atoms with Gasteiger partial charge in [-0.3, -0.25) is 4.68 Å². The number of pyridine rings is 1. The fourth-order valence-electron chi connectivity index (χ4n) is 2.61. The summed E-state index contributed by atoms with van der Waals surface area (Å²) in [5.41, 5.74) is 9.58. The second-order valence-corrected chi connectivity index (χ2v) is 6.44. The third-order valence-corrected chi connectivity index (χ3v) is 4.72. The molecule has 124 valence electrons. The predicted octanol–water partition coefficient (Wildman–Crippen LogP) is 2.32. The van der Waals surface area contributed by atoms with Crippen LogP contribution in [0.1, 0.15) is 16.0 Å².